The smallest absolute Gasteiger partial charge is 0.0497 e. The largest absolute Gasteiger partial charge is 0.381 e. The Bertz CT molecular complexity index is 211. The van der Waals surface area contributed by atoms with Crippen molar-refractivity contribution in [1.29, 1.82) is 0 Å². The van der Waals surface area contributed by atoms with Crippen LogP contribution < -0.4 is 5.32 Å². The minimum absolute atomic E-state index is 0.510. The fourth-order valence-corrected chi connectivity index (χ4v) is 2.91. The predicted octanol–water partition coefficient (Wildman–Crippen LogP) is 3.46. The zero-order valence-corrected chi connectivity index (χ0v) is 12.4. The van der Waals surface area contributed by atoms with Gasteiger partial charge in [-0.1, -0.05) is 27.7 Å². The summed E-state index contributed by atoms with van der Waals surface area (Å²) in [5, 5.41) is 3.59. The predicted molar refractivity (Wildman–Crippen MR) is 74.2 cm³/mol. The maximum Gasteiger partial charge on any atom is 0.0497 e. The molecule has 2 nitrogen and oxygen atoms in total. The highest BCUT2D eigenvalue weighted by atomic mass is 16.5. The van der Waals surface area contributed by atoms with Crippen LogP contribution in [0.2, 0.25) is 0 Å². The molecule has 1 rings (SSSR count). The van der Waals surface area contributed by atoms with Crippen molar-refractivity contribution in [2.45, 2.75) is 59.9 Å². The summed E-state index contributed by atoms with van der Waals surface area (Å²) in [6, 6.07) is 0.595. The van der Waals surface area contributed by atoms with Crippen LogP contribution in [-0.4, -0.2) is 25.8 Å². The molecule has 1 fully saturated rings. The van der Waals surface area contributed by atoms with Gasteiger partial charge >= 0.3 is 0 Å². The van der Waals surface area contributed by atoms with Gasteiger partial charge in [-0.2, -0.15) is 0 Å². The molecule has 0 bridgehead atoms. The molecule has 0 aromatic heterocycles. The molecule has 0 aromatic carbocycles. The van der Waals surface area contributed by atoms with Crippen LogP contribution in [0.5, 0.6) is 0 Å². The Hall–Kier alpha value is -0.0800. The first-order chi connectivity index (χ1) is 7.94. The Morgan fingerprint density at radius 2 is 2.00 bits per heavy atom. The highest BCUT2D eigenvalue weighted by Gasteiger charge is 2.34. The van der Waals surface area contributed by atoms with Gasteiger partial charge in [-0.05, 0) is 50.0 Å². The molecule has 1 saturated carbocycles. The summed E-state index contributed by atoms with van der Waals surface area (Å²) in [5.74, 6) is 1.54. The van der Waals surface area contributed by atoms with Gasteiger partial charge in [-0.25, -0.2) is 0 Å². The van der Waals surface area contributed by atoms with E-state index >= 15 is 0 Å². The van der Waals surface area contributed by atoms with Crippen molar-refractivity contribution < 1.29 is 4.74 Å². The average Bonchev–Trinajstić information content (AvgIpc) is 2.24. The van der Waals surface area contributed by atoms with Gasteiger partial charge in [0.25, 0.3) is 0 Å². The van der Waals surface area contributed by atoms with Gasteiger partial charge in [0.15, 0.2) is 0 Å². The maximum absolute atomic E-state index is 5.68. The van der Waals surface area contributed by atoms with Gasteiger partial charge in [-0.3, -0.25) is 0 Å². The minimum atomic E-state index is 0.510. The van der Waals surface area contributed by atoms with Gasteiger partial charge in [0.2, 0.25) is 0 Å². The number of rotatable bonds is 6. The third kappa shape index (κ3) is 5.39. The van der Waals surface area contributed by atoms with E-state index in [1.165, 1.54) is 19.3 Å². The van der Waals surface area contributed by atoms with Crippen LogP contribution in [0.15, 0.2) is 0 Å². The van der Waals surface area contributed by atoms with Crippen LogP contribution in [0.1, 0.15) is 53.9 Å². The van der Waals surface area contributed by atoms with E-state index in [-0.39, 0.29) is 0 Å². The fraction of sp³-hybridized carbons (Fsp3) is 1.00. The molecule has 1 aliphatic carbocycles. The lowest BCUT2D eigenvalue weighted by atomic mass is 9.67. The normalized spacial score (nSPS) is 28.6. The van der Waals surface area contributed by atoms with E-state index in [1.807, 2.05) is 0 Å². The molecule has 2 unspecified atom stereocenters. The van der Waals surface area contributed by atoms with Crippen LogP contribution >= 0.6 is 0 Å². The van der Waals surface area contributed by atoms with E-state index in [0.717, 1.165) is 31.6 Å². The summed E-state index contributed by atoms with van der Waals surface area (Å²) in [4.78, 5) is 0. The van der Waals surface area contributed by atoms with E-state index in [2.05, 4.69) is 39.9 Å². The second-order valence-corrected chi connectivity index (χ2v) is 6.65. The van der Waals surface area contributed by atoms with Crippen molar-refractivity contribution in [3.63, 3.8) is 0 Å². The zero-order valence-electron chi connectivity index (χ0n) is 12.4. The molecule has 0 heterocycles. The second-order valence-electron chi connectivity index (χ2n) is 6.65. The summed E-state index contributed by atoms with van der Waals surface area (Å²) in [6.07, 6.45) is 4.03. The van der Waals surface area contributed by atoms with Crippen molar-refractivity contribution in [1.82, 2.24) is 5.32 Å². The number of ether oxygens (including phenoxy) is 1. The van der Waals surface area contributed by atoms with E-state index in [0.29, 0.717) is 11.5 Å². The van der Waals surface area contributed by atoms with Crippen molar-refractivity contribution in [3.8, 4) is 0 Å². The van der Waals surface area contributed by atoms with Crippen molar-refractivity contribution in [3.05, 3.63) is 0 Å². The van der Waals surface area contributed by atoms with Gasteiger partial charge in [0, 0.05) is 19.3 Å². The average molecular weight is 241 g/mol. The molecule has 0 saturated heterocycles. The topological polar surface area (TPSA) is 21.3 Å². The van der Waals surface area contributed by atoms with Crippen molar-refractivity contribution in [2.24, 2.45) is 17.3 Å². The third-order valence-corrected chi connectivity index (χ3v) is 4.00. The second kappa shape index (κ2) is 6.75. The monoisotopic (exact) mass is 241 g/mol. The Labute approximate surface area is 108 Å². The van der Waals surface area contributed by atoms with Crippen LogP contribution in [0, 0.1) is 17.3 Å². The lowest BCUT2D eigenvalue weighted by Crippen LogP contribution is -2.39. The molecule has 0 amide bonds. The number of hydrogen-bond donors (Lipinski definition) is 1. The van der Waals surface area contributed by atoms with Crippen LogP contribution in [0.4, 0.5) is 0 Å². The quantitative estimate of drug-likeness (QED) is 0.769. The first kappa shape index (κ1) is 15.0. The Kier molecular flexibility index (Phi) is 5.94. The minimum Gasteiger partial charge on any atom is -0.381 e. The van der Waals surface area contributed by atoms with Crippen LogP contribution in [0.3, 0.4) is 0 Å². The first-order valence-electron chi connectivity index (χ1n) is 7.25. The standard InChI is InChI=1S/C15H31NO/c1-6-17-11-14-9-15(4,5)8-7-13(14)10-16-12(2)3/h12-14,16H,6-11H2,1-5H3. The molecule has 0 aliphatic heterocycles. The Balaban J connectivity index is 2.48. The fourth-order valence-electron chi connectivity index (χ4n) is 2.91. The molecular formula is C15H31NO. The molecule has 0 radical (unpaired) electrons. The molecule has 17 heavy (non-hydrogen) atoms. The molecule has 2 heteroatoms. The lowest BCUT2D eigenvalue weighted by molar-refractivity contribution is 0.0289. The van der Waals surface area contributed by atoms with Crippen molar-refractivity contribution in [2.75, 3.05) is 19.8 Å². The van der Waals surface area contributed by atoms with Gasteiger partial charge in [-0.15, -0.1) is 0 Å². The maximum atomic E-state index is 5.68. The SMILES string of the molecule is CCOCC1CC(C)(C)CCC1CNC(C)C. The highest BCUT2D eigenvalue weighted by molar-refractivity contribution is 4.86. The number of hydrogen-bond acceptors (Lipinski definition) is 2. The molecule has 0 aromatic rings. The van der Waals surface area contributed by atoms with Crippen LogP contribution in [0.25, 0.3) is 0 Å². The van der Waals surface area contributed by atoms with E-state index in [1.54, 1.807) is 0 Å². The zero-order chi connectivity index (χ0) is 12.9. The van der Waals surface area contributed by atoms with Gasteiger partial charge < -0.3 is 10.1 Å². The summed E-state index contributed by atoms with van der Waals surface area (Å²) in [6.45, 7) is 14.3. The Morgan fingerprint density at radius 1 is 1.29 bits per heavy atom. The van der Waals surface area contributed by atoms with Crippen molar-refractivity contribution >= 4 is 0 Å². The summed E-state index contributed by atoms with van der Waals surface area (Å²) < 4.78 is 5.68. The molecule has 0 spiro atoms. The van der Waals surface area contributed by atoms with E-state index in [4.69, 9.17) is 4.74 Å². The van der Waals surface area contributed by atoms with Gasteiger partial charge in [0.05, 0.1) is 0 Å². The molecular weight excluding hydrogens is 210 g/mol. The molecule has 2 atom stereocenters. The van der Waals surface area contributed by atoms with E-state index in [9.17, 15) is 0 Å². The van der Waals surface area contributed by atoms with Gasteiger partial charge in [0.1, 0.15) is 0 Å². The highest BCUT2D eigenvalue weighted by Crippen LogP contribution is 2.41. The lowest BCUT2D eigenvalue weighted by Gasteiger charge is -2.41. The number of nitrogens with one attached hydrogen (secondary N) is 1. The molecule has 102 valence electrons. The molecule has 1 N–H and O–H groups in total. The third-order valence-electron chi connectivity index (χ3n) is 4.00. The summed E-state index contributed by atoms with van der Waals surface area (Å²) in [5.41, 5.74) is 0.510. The summed E-state index contributed by atoms with van der Waals surface area (Å²) in [7, 11) is 0. The van der Waals surface area contributed by atoms with E-state index < -0.39 is 0 Å². The van der Waals surface area contributed by atoms with Crippen LogP contribution in [-0.2, 0) is 4.74 Å². The Morgan fingerprint density at radius 3 is 2.59 bits per heavy atom. The summed E-state index contributed by atoms with van der Waals surface area (Å²) >= 11 is 0. The first-order valence-corrected chi connectivity index (χ1v) is 7.25. The molecule has 1 aliphatic rings.